The number of hydrogen-bond acceptors (Lipinski definition) is 8. The molecular formula is C28H30Cl3N7O3. The zero-order valence-electron chi connectivity index (χ0n) is 23.0. The molecule has 1 amide bonds. The zero-order chi connectivity index (χ0) is 29.1. The zero-order valence-corrected chi connectivity index (χ0v) is 25.2. The van der Waals surface area contributed by atoms with Gasteiger partial charge in [-0.05, 0) is 51.1 Å². The standard InChI is InChI=1S/C28H30Cl3N7O3/c1-28(2,3)41-27(39)37-10-8-36(9-11-37)12-13-40-20-4-5-21(22(30)15-20)25-35-23-24(31)33-17-34-26(23)38(25)16-19-14-18(29)6-7-32-19/h4-7,14-15,17H,8-13,16H2,1-3H3. The number of pyridine rings is 1. The predicted molar refractivity (Wildman–Crippen MR) is 159 cm³/mol. The topological polar surface area (TPSA) is 98.5 Å². The largest absolute Gasteiger partial charge is 0.492 e. The van der Waals surface area contributed by atoms with E-state index in [-0.39, 0.29) is 11.2 Å². The highest BCUT2D eigenvalue weighted by Crippen LogP contribution is 2.34. The van der Waals surface area contributed by atoms with Crippen molar-refractivity contribution in [2.24, 2.45) is 0 Å². The predicted octanol–water partition coefficient (Wildman–Crippen LogP) is 5.83. The van der Waals surface area contributed by atoms with Crippen LogP contribution in [0.3, 0.4) is 0 Å². The summed E-state index contributed by atoms with van der Waals surface area (Å²) in [6, 6.07) is 9.00. The molecule has 5 rings (SSSR count). The Labute approximate surface area is 253 Å². The van der Waals surface area contributed by atoms with E-state index in [1.807, 2.05) is 37.5 Å². The van der Waals surface area contributed by atoms with Crippen LogP contribution in [0.15, 0.2) is 42.9 Å². The number of aromatic nitrogens is 5. The van der Waals surface area contributed by atoms with Crippen molar-refractivity contribution in [3.63, 3.8) is 0 Å². The van der Waals surface area contributed by atoms with E-state index in [1.165, 1.54) is 6.33 Å². The average molecular weight is 619 g/mol. The van der Waals surface area contributed by atoms with Crippen molar-refractivity contribution in [1.29, 1.82) is 0 Å². The molecule has 0 spiro atoms. The maximum absolute atomic E-state index is 12.3. The molecule has 216 valence electrons. The number of amides is 1. The van der Waals surface area contributed by atoms with Gasteiger partial charge in [0.05, 0.1) is 17.3 Å². The van der Waals surface area contributed by atoms with Crippen molar-refractivity contribution >= 4 is 52.1 Å². The summed E-state index contributed by atoms with van der Waals surface area (Å²) in [7, 11) is 0. The van der Waals surface area contributed by atoms with Crippen LogP contribution in [0, 0.1) is 0 Å². The van der Waals surface area contributed by atoms with Crippen molar-refractivity contribution in [2.75, 3.05) is 39.3 Å². The first-order valence-corrected chi connectivity index (χ1v) is 14.3. The summed E-state index contributed by atoms with van der Waals surface area (Å²) >= 11 is 19.3. The Bertz CT molecular complexity index is 1550. The molecule has 1 saturated heterocycles. The molecule has 13 heteroatoms. The van der Waals surface area contributed by atoms with Gasteiger partial charge in [0, 0.05) is 49.5 Å². The molecule has 1 aliphatic rings. The lowest BCUT2D eigenvalue weighted by molar-refractivity contribution is 0.0137. The second kappa shape index (κ2) is 12.4. The van der Waals surface area contributed by atoms with Gasteiger partial charge >= 0.3 is 6.09 Å². The first-order chi connectivity index (χ1) is 19.6. The van der Waals surface area contributed by atoms with Crippen molar-refractivity contribution < 1.29 is 14.3 Å². The number of nitrogens with zero attached hydrogens (tertiary/aromatic N) is 7. The van der Waals surface area contributed by atoms with E-state index < -0.39 is 5.60 Å². The summed E-state index contributed by atoms with van der Waals surface area (Å²) < 4.78 is 13.4. The van der Waals surface area contributed by atoms with Crippen molar-refractivity contribution in [3.05, 3.63) is 63.7 Å². The fraction of sp³-hybridized carbons (Fsp3) is 0.393. The number of halogens is 3. The minimum atomic E-state index is -0.500. The third kappa shape index (κ3) is 7.19. The molecule has 1 aliphatic heterocycles. The lowest BCUT2D eigenvalue weighted by Crippen LogP contribution is -2.50. The van der Waals surface area contributed by atoms with Gasteiger partial charge in [0.25, 0.3) is 0 Å². The second-order valence-corrected chi connectivity index (χ2v) is 11.8. The summed E-state index contributed by atoms with van der Waals surface area (Å²) in [6.45, 7) is 9.92. The molecule has 4 aromatic rings. The number of carbonyl (C=O) groups excluding carboxylic acids is 1. The highest BCUT2D eigenvalue weighted by Gasteiger charge is 2.26. The van der Waals surface area contributed by atoms with E-state index >= 15 is 0 Å². The van der Waals surface area contributed by atoms with Gasteiger partial charge in [0.2, 0.25) is 0 Å². The van der Waals surface area contributed by atoms with E-state index in [2.05, 4.69) is 19.9 Å². The Morgan fingerprint density at radius 3 is 2.49 bits per heavy atom. The minimum Gasteiger partial charge on any atom is -0.492 e. The monoisotopic (exact) mass is 617 g/mol. The molecule has 4 heterocycles. The Kier molecular flexibility index (Phi) is 8.84. The number of fused-ring (bicyclic) bond motifs is 1. The molecule has 0 atom stereocenters. The molecule has 0 radical (unpaired) electrons. The summed E-state index contributed by atoms with van der Waals surface area (Å²) in [4.78, 5) is 33.9. The van der Waals surface area contributed by atoms with E-state index in [4.69, 9.17) is 49.3 Å². The second-order valence-electron chi connectivity index (χ2n) is 10.6. The Morgan fingerprint density at radius 2 is 1.78 bits per heavy atom. The summed E-state index contributed by atoms with van der Waals surface area (Å²) in [5, 5.41) is 1.29. The van der Waals surface area contributed by atoms with Crippen LogP contribution in [0.5, 0.6) is 5.75 Å². The van der Waals surface area contributed by atoms with Crippen molar-refractivity contribution in [3.8, 4) is 17.1 Å². The van der Waals surface area contributed by atoms with Crippen LogP contribution in [-0.4, -0.2) is 85.3 Å². The highest BCUT2D eigenvalue weighted by atomic mass is 35.5. The molecule has 0 aliphatic carbocycles. The van der Waals surface area contributed by atoms with Gasteiger partial charge in [-0.1, -0.05) is 34.8 Å². The number of imidazole rings is 1. The lowest BCUT2D eigenvalue weighted by atomic mass is 10.2. The van der Waals surface area contributed by atoms with Crippen molar-refractivity contribution in [2.45, 2.75) is 32.9 Å². The van der Waals surface area contributed by atoms with Crippen LogP contribution < -0.4 is 4.74 Å². The SMILES string of the molecule is CC(C)(C)OC(=O)N1CCN(CCOc2ccc(-c3nc4c(Cl)ncnc4n3Cc3cc(Cl)ccn3)c(Cl)c2)CC1. The molecule has 0 bridgehead atoms. The number of benzene rings is 1. The average Bonchev–Trinajstić information content (AvgIpc) is 3.27. The van der Waals surface area contributed by atoms with Crippen LogP contribution >= 0.6 is 34.8 Å². The Balaban J connectivity index is 1.25. The highest BCUT2D eigenvalue weighted by molar-refractivity contribution is 6.34. The molecule has 41 heavy (non-hydrogen) atoms. The maximum atomic E-state index is 12.3. The summed E-state index contributed by atoms with van der Waals surface area (Å²) in [5.74, 6) is 1.21. The van der Waals surface area contributed by atoms with Crippen molar-refractivity contribution in [1.82, 2.24) is 34.3 Å². The van der Waals surface area contributed by atoms with Crippen LogP contribution in [0.4, 0.5) is 4.79 Å². The third-order valence-corrected chi connectivity index (χ3v) is 7.29. The van der Waals surface area contributed by atoms with Gasteiger partial charge in [-0.15, -0.1) is 0 Å². The van der Waals surface area contributed by atoms with E-state index in [9.17, 15) is 4.79 Å². The van der Waals surface area contributed by atoms with Crippen LogP contribution in [0.1, 0.15) is 26.5 Å². The van der Waals surface area contributed by atoms with Gasteiger partial charge in [0.15, 0.2) is 10.8 Å². The first kappa shape index (κ1) is 29.3. The van der Waals surface area contributed by atoms with Gasteiger partial charge < -0.3 is 18.9 Å². The van der Waals surface area contributed by atoms with Gasteiger partial charge in [-0.25, -0.2) is 19.7 Å². The fourth-order valence-electron chi connectivity index (χ4n) is 4.50. The molecule has 0 unspecified atom stereocenters. The van der Waals surface area contributed by atoms with Gasteiger partial charge in [0.1, 0.15) is 35.6 Å². The minimum absolute atomic E-state index is 0.247. The Morgan fingerprint density at radius 1 is 1.00 bits per heavy atom. The molecule has 0 N–H and O–H groups in total. The van der Waals surface area contributed by atoms with Crippen LogP contribution in [0.2, 0.25) is 15.2 Å². The summed E-state index contributed by atoms with van der Waals surface area (Å²) in [5.41, 5.74) is 1.95. The number of rotatable bonds is 7. The Hall–Kier alpha value is -3.18. The smallest absolute Gasteiger partial charge is 0.410 e. The number of carbonyl (C=O) groups is 1. The first-order valence-electron chi connectivity index (χ1n) is 13.2. The number of hydrogen-bond donors (Lipinski definition) is 0. The fourth-order valence-corrected chi connectivity index (χ4v) is 5.11. The molecule has 0 saturated carbocycles. The third-order valence-electron chi connectivity index (χ3n) is 6.47. The quantitative estimate of drug-likeness (QED) is 0.239. The van der Waals surface area contributed by atoms with E-state index in [0.717, 1.165) is 25.3 Å². The lowest BCUT2D eigenvalue weighted by Gasteiger charge is -2.35. The molecular weight excluding hydrogens is 589 g/mol. The number of ether oxygens (including phenoxy) is 2. The van der Waals surface area contributed by atoms with Gasteiger partial charge in [-0.2, -0.15) is 0 Å². The van der Waals surface area contributed by atoms with E-state index in [0.29, 0.717) is 64.6 Å². The van der Waals surface area contributed by atoms with Crippen LogP contribution in [0.25, 0.3) is 22.6 Å². The molecule has 1 aromatic carbocycles. The molecule has 10 nitrogen and oxygen atoms in total. The van der Waals surface area contributed by atoms with Crippen LogP contribution in [-0.2, 0) is 11.3 Å². The normalized spacial score (nSPS) is 14.4. The molecule has 3 aromatic heterocycles. The van der Waals surface area contributed by atoms with E-state index in [1.54, 1.807) is 29.3 Å². The molecule has 1 fully saturated rings. The summed E-state index contributed by atoms with van der Waals surface area (Å²) in [6.07, 6.45) is 2.78. The number of piperazine rings is 1. The maximum Gasteiger partial charge on any atom is 0.410 e. The van der Waals surface area contributed by atoms with Gasteiger partial charge in [-0.3, -0.25) is 9.88 Å².